The molecule has 5 nitrogen and oxygen atoms in total. The van der Waals surface area contributed by atoms with Crippen LogP contribution >= 0.6 is 0 Å². The van der Waals surface area contributed by atoms with Gasteiger partial charge in [0.05, 0.1) is 0 Å². The third kappa shape index (κ3) is 5.40. The summed E-state index contributed by atoms with van der Waals surface area (Å²) < 4.78 is 0. The number of hydrogen-bond acceptors (Lipinski definition) is 4. The molecule has 9 atom stereocenters. The van der Waals surface area contributed by atoms with E-state index in [1.807, 2.05) is 26.2 Å². The number of carbonyl (C=O) groups excluding carboxylic acids is 1. The molecule has 0 saturated heterocycles. The summed E-state index contributed by atoms with van der Waals surface area (Å²) in [5, 5.41) is 22.8. The van der Waals surface area contributed by atoms with E-state index in [1.54, 1.807) is 0 Å². The van der Waals surface area contributed by atoms with Gasteiger partial charge in [0.1, 0.15) is 0 Å². The van der Waals surface area contributed by atoms with Gasteiger partial charge in [-0.15, -0.1) is 0 Å². The Hall–Kier alpha value is -1.95. The van der Waals surface area contributed by atoms with Gasteiger partial charge < -0.3 is 20.4 Å². The molecule has 0 bridgehead atoms. The van der Waals surface area contributed by atoms with Gasteiger partial charge in [0.2, 0.25) is 5.91 Å². The van der Waals surface area contributed by atoms with E-state index < -0.39 is 6.29 Å². The normalized spacial score (nSPS) is 40.6. The average Bonchev–Trinajstić information content (AvgIpc) is 3.39. The van der Waals surface area contributed by atoms with E-state index in [0.29, 0.717) is 41.6 Å². The van der Waals surface area contributed by atoms with Crippen molar-refractivity contribution in [2.75, 3.05) is 27.2 Å². The molecule has 260 valence electrons. The molecular weight excluding hydrogens is 580 g/mol. The molecule has 9 unspecified atom stereocenters. The van der Waals surface area contributed by atoms with Gasteiger partial charge in [-0.1, -0.05) is 77.1 Å². The Balaban J connectivity index is 1.29. The second-order valence-corrected chi connectivity index (χ2v) is 18.4. The molecule has 1 aromatic rings. The minimum atomic E-state index is -1.43. The van der Waals surface area contributed by atoms with E-state index >= 15 is 0 Å². The SMILES string of the molecule is C=C(C)C1CCC2(CNC(=O)CCN(C)C)CCC3(C)C(CCC4C5(C)CC=C(c6ccc(C(O)O)cc6)C(C)(C)C5CCC43C)C12. The summed E-state index contributed by atoms with van der Waals surface area (Å²) in [5.41, 5.74) is 5.58. The van der Waals surface area contributed by atoms with Gasteiger partial charge in [0.25, 0.3) is 0 Å². The smallest absolute Gasteiger partial charge is 0.221 e. The number of rotatable bonds is 8. The van der Waals surface area contributed by atoms with E-state index in [4.69, 9.17) is 0 Å². The van der Waals surface area contributed by atoms with Crippen LogP contribution in [-0.2, 0) is 4.79 Å². The first-order chi connectivity index (χ1) is 22.0. The Morgan fingerprint density at radius 1 is 0.936 bits per heavy atom. The van der Waals surface area contributed by atoms with Crippen molar-refractivity contribution in [3.05, 3.63) is 53.6 Å². The van der Waals surface area contributed by atoms with Crippen LogP contribution in [0.5, 0.6) is 0 Å². The number of allylic oxidation sites excluding steroid dienone is 3. The molecule has 4 saturated carbocycles. The van der Waals surface area contributed by atoms with Crippen LogP contribution in [0.15, 0.2) is 42.5 Å². The second-order valence-electron chi connectivity index (χ2n) is 18.4. The summed E-state index contributed by atoms with van der Waals surface area (Å²) >= 11 is 0. The number of benzene rings is 1. The van der Waals surface area contributed by atoms with Crippen molar-refractivity contribution in [2.24, 2.45) is 56.7 Å². The lowest BCUT2D eigenvalue weighted by atomic mass is 9.32. The maximum Gasteiger partial charge on any atom is 0.221 e. The Morgan fingerprint density at radius 3 is 2.28 bits per heavy atom. The number of aliphatic hydroxyl groups excluding tert-OH is 1. The zero-order valence-corrected chi connectivity index (χ0v) is 30.8. The molecule has 0 spiro atoms. The molecule has 5 aliphatic carbocycles. The van der Waals surface area contributed by atoms with E-state index in [0.717, 1.165) is 19.5 Å². The van der Waals surface area contributed by atoms with E-state index in [9.17, 15) is 15.0 Å². The van der Waals surface area contributed by atoms with Gasteiger partial charge in [-0.2, -0.15) is 0 Å². The Bertz CT molecular complexity index is 1390. The minimum absolute atomic E-state index is 0.0362. The van der Waals surface area contributed by atoms with Gasteiger partial charge in [-0.25, -0.2) is 0 Å². The maximum absolute atomic E-state index is 13.0. The molecule has 3 N–H and O–H groups in total. The lowest BCUT2D eigenvalue weighted by molar-refractivity contribution is -0.225. The van der Waals surface area contributed by atoms with Gasteiger partial charge >= 0.3 is 0 Å². The van der Waals surface area contributed by atoms with E-state index in [-0.39, 0.29) is 33.0 Å². The van der Waals surface area contributed by atoms with Crippen LogP contribution in [0.4, 0.5) is 0 Å². The molecule has 0 aromatic heterocycles. The number of nitrogens with one attached hydrogen (secondary N) is 1. The van der Waals surface area contributed by atoms with Crippen molar-refractivity contribution in [1.82, 2.24) is 10.2 Å². The summed E-state index contributed by atoms with van der Waals surface area (Å²) in [6, 6.07) is 7.90. The number of hydrogen-bond donors (Lipinski definition) is 3. The summed E-state index contributed by atoms with van der Waals surface area (Å²) in [4.78, 5) is 15.1. The monoisotopic (exact) mass is 644 g/mol. The topological polar surface area (TPSA) is 72.8 Å². The summed E-state index contributed by atoms with van der Waals surface area (Å²) in [6.07, 6.45) is 12.9. The molecule has 0 heterocycles. The van der Waals surface area contributed by atoms with Gasteiger partial charge in [0.15, 0.2) is 6.29 Å². The lowest BCUT2D eigenvalue weighted by Crippen LogP contribution is -2.66. The fraction of sp³-hybridized carbons (Fsp3) is 0.738. The van der Waals surface area contributed by atoms with Crippen LogP contribution < -0.4 is 5.32 Å². The highest BCUT2D eigenvalue weighted by atomic mass is 16.5. The predicted molar refractivity (Wildman–Crippen MR) is 192 cm³/mol. The van der Waals surface area contributed by atoms with Crippen molar-refractivity contribution < 1.29 is 15.0 Å². The van der Waals surface area contributed by atoms with Gasteiger partial charge in [-0.05, 0) is 147 Å². The maximum atomic E-state index is 13.0. The Labute approximate surface area is 285 Å². The predicted octanol–water partition coefficient (Wildman–Crippen LogP) is 8.39. The molecular formula is C42H64N2O3. The van der Waals surface area contributed by atoms with Crippen LogP contribution in [-0.4, -0.2) is 48.2 Å². The summed E-state index contributed by atoms with van der Waals surface area (Å²) in [5.74, 6) is 3.32. The van der Waals surface area contributed by atoms with Crippen molar-refractivity contribution in [3.63, 3.8) is 0 Å². The molecule has 1 amide bonds. The number of nitrogens with zero attached hydrogens (tertiary/aromatic N) is 1. The highest BCUT2D eigenvalue weighted by Gasteiger charge is 2.70. The van der Waals surface area contributed by atoms with Crippen LogP contribution in [0, 0.1) is 56.7 Å². The first-order valence-corrected chi connectivity index (χ1v) is 18.7. The van der Waals surface area contributed by atoms with Crippen molar-refractivity contribution in [2.45, 2.75) is 112 Å². The zero-order chi connectivity index (χ0) is 34.2. The second kappa shape index (κ2) is 12.1. The third-order valence-corrected chi connectivity index (χ3v) is 15.8. The van der Waals surface area contributed by atoms with Crippen molar-refractivity contribution >= 4 is 11.5 Å². The zero-order valence-electron chi connectivity index (χ0n) is 30.8. The molecule has 4 fully saturated rings. The summed E-state index contributed by atoms with van der Waals surface area (Å²) in [6.45, 7) is 21.5. The molecule has 1 aromatic carbocycles. The highest BCUT2D eigenvalue weighted by Crippen LogP contribution is 2.77. The van der Waals surface area contributed by atoms with Crippen molar-refractivity contribution in [1.29, 1.82) is 0 Å². The lowest BCUT2D eigenvalue weighted by Gasteiger charge is -2.72. The van der Waals surface area contributed by atoms with E-state index in [1.165, 1.54) is 68.1 Å². The molecule has 6 rings (SSSR count). The van der Waals surface area contributed by atoms with Crippen LogP contribution in [0.2, 0.25) is 0 Å². The fourth-order valence-corrected chi connectivity index (χ4v) is 13.2. The van der Waals surface area contributed by atoms with Gasteiger partial charge in [0, 0.05) is 25.1 Å². The first-order valence-electron chi connectivity index (χ1n) is 18.7. The number of carbonyl (C=O) groups is 1. The number of fused-ring (bicyclic) bond motifs is 7. The quantitative estimate of drug-likeness (QED) is 0.196. The van der Waals surface area contributed by atoms with Gasteiger partial charge in [-0.3, -0.25) is 4.79 Å². The van der Waals surface area contributed by atoms with Crippen LogP contribution in [0.1, 0.15) is 123 Å². The van der Waals surface area contributed by atoms with E-state index in [2.05, 4.69) is 76.5 Å². The minimum Gasteiger partial charge on any atom is -0.364 e. The summed E-state index contributed by atoms with van der Waals surface area (Å²) in [7, 11) is 4.08. The Morgan fingerprint density at radius 2 is 1.64 bits per heavy atom. The Kier molecular flexibility index (Phi) is 9.00. The molecule has 0 radical (unpaired) electrons. The van der Waals surface area contributed by atoms with Crippen LogP contribution in [0.25, 0.3) is 5.57 Å². The average molecular weight is 645 g/mol. The number of amides is 1. The van der Waals surface area contributed by atoms with Crippen molar-refractivity contribution in [3.8, 4) is 0 Å². The highest BCUT2D eigenvalue weighted by molar-refractivity contribution is 5.76. The molecule has 5 heteroatoms. The fourth-order valence-electron chi connectivity index (χ4n) is 13.2. The molecule has 5 aliphatic rings. The third-order valence-electron chi connectivity index (χ3n) is 15.8. The standard InChI is InChI=1S/C42H64N2O3/c1-27(2)30-16-22-42(26-43-35(45)19-25-44(8)9)24-23-40(6)32(36(30)42)14-15-34-39(5)20-17-31(28-10-12-29(13-11-28)37(46)47)38(3,4)33(39)18-21-41(34,40)7/h10-13,17,30,32-34,36-37,46-47H,1,14-16,18-26H2,2-9H3,(H,43,45). The molecule has 0 aliphatic heterocycles. The van der Waals surface area contributed by atoms with Crippen LogP contribution in [0.3, 0.4) is 0 Å². The first kappa shape index (κ1) is 34.9. The number of aliphatic hydroxyl groups is 2. The largest absolute Gasteiger partial charge is 0.364 e. The molecule has 47 heavy (non-hydrogen) atoms.